The summed E-state index contributed by atoms with van der Waals surface area (Å²) in [5.74, 6) is -1.46. The van der Waals surface area contributed by atoms with Gasteiger partial charge in [-0.1, -0.05) is 57.7 Å². The van der Waals surface area contributed by atoms with E-state index in [2.05, 4.69) is 46.5 Å². The molecule has 1 saturated heterocycles. The molecule has 2 rings (SSSR count). The van der Waals surface area contributed by atoms with Crippen molar-refractivity contribution in [2.24, 2.45) is 11.3 Å². The lowest BCUT2D eigenvalue weighted by atomic mass is 9.62. The Morgan fingerprint density at radius 1 is 1.33 bits per heavy atom. The van der Waals surface area contributed by atoms with E-state index in [-0.39, 0.29) is 11.0 Å². The van der Waals surface area contributed by atoms with E-state index >= 15 is 0 Å². The fourth-order valence-corrected chi connectivity index (χ4v) is 3.67. The zero-order valence-corrected chi connectivity index (χ0v) is 15.5. The van der Waals surface area contributed by atoms with Gasteiger partial charge in [0.1, 0.15) is 0 Å². The number of benzene rings is 1. The van der Waals surface area contributed by atoms with E-state index in [4.69, 9.17) is 0 Å². The predicted octanol–water partition coefficient (Wildman–Crippen LogP) is 3.24. The highest BCUT2D eigenvalue weighted by atomic mass is 16.3. The van der Waals surface area contributed by atoms with Crippen molar-refractivity contribution in [3.63, 3.8) is 0 Å². The molecule has 1 amide bonds. The molecular formula is C20H30N2O2. The van der Waals surface area contributed by atoms with Crippen LogP contribution in [0.5, 0.6) is 0 Å². The molecule has 1 heterocycles. The second kappa shape index (κ2) is 6.34. The fourth-order valence-electron chi connectivity index (χ4n) is 3.67. The number of hydrogen-bond acceptors (Lipinski definition) is 3. The van der Waals surface area contributed by atoms with Crippen LogP contribution in [-0.4, -0.2) is 28.0 Å². The van der Waals surface area contributed by atoms with Crippen molar-refractivity contribution < 1.29 is 9.90 Å². The number of nitrogens with zero attached hydrogens (tertiary/aromatic N) is 1. The number of carbonyl (C=O) groups is 1. The van der Waals surface area contributed by atoms with Gasteiger partial charge in [-0.05, 0) is 37.7 Å². The van der Waals surface area contributed by atoms with Crippen LogP contribution in [0.1, 0.15) is 46.6 Å². The van der Waals surface area contributed by atoms with E-state index in [1.807, 2.05) is 35.2 Å². The molecule has 4 nitrogen and oxygen atoms in total. The summed E-state index contributed by atoms with van der Waals surface area (Å²) in [6, 6.07) is 9.30. The van der Waals surface area contributed by atoms with Crippen molar-refractivity contribution in [2.75, 3.05) is 6.54 Å². The van der Waals surface area contributed by atoms with Crippen molar-refractivity contribution in [3.05, 3.63) is 48.6 Å². The fraction of sp³-hybridized carbons (Fsp3) is 0.550. The Balaban J connectivity index is 2.55. The lowest BCUT2D eigenvalue weighted by molar-refractivity contribution is -0.227. The van der Waals surface area contributed by atoms with Crippen LogP contribution in [0, 0.1) is 11.3 Å². The number of piperidine rings is 1. The number of rotatable bonds is 4. The minimum Gasteiger partial charge on any atom is -0.355 e. The smallest absolute Gasteiger partial charge is 0.246 e. The van der Waals surface area contributed by atoms with Crippen LogP contribution >= 0.6 is 0 Å². The summed E-state index contributed by atoms with van der Waals surface area (Å²) < 4.78 is 0. The van der Waals surface area contributed by atoms with Gasteiger partial charge in [-0.15, -0.1) is 0 Å². The average molecular weight is 330 g/mol. The number of aliphatic hydroxyl groups is 1. The molecule has 0 aliphatic carbocycles. The molecule has 24 heavy (non-hydrogen) atoms. The highest BCUT2D eigenvalue weighted by Gasteiger charge is 2.55. The maximum Gasteiger partial charge on any atom is 0.246 e. The van der Waals surface area contributed by atoms with Gasteiger partial charge in [0.25, 0.3) is 0 Å². The Morgan fingerprint density at radius 3 is 2.46 bits per heavy atom. The third-order valence-corrected chi connectivity index (χ3v) is 6.32. The number of hydrogen-bond donors (Lipinski definition) is 2. The Bertz CT molecular complexity index is 609. The molecule has 1 aliphatic heterocycles. The molecule has 1 aliphatic rings. The van der Waals surface area contributed by atoms with Gasteiger partial charge in [0.2, 0.25) is 11.8 Å². The summed E-state index contributed by atoms with van der Waals surface area (Å²) in [7, 11) is 0. The van der Waals surface area contributed by atoms with Crippen LogP contribution in [0.3, 0.4) is 0 Å². The molecule has 1 aromatic carbocycles. The number of amides is 1. The maximum absolute atomic E-state index is 12.1. The summed E-state index contributed by atoms with van der Waals surface area (Å²) in [5.41, 5.74) is 0.287. The standard InChI is InChI=1S/C20H30N2O2/c1-7-17(23)21-20(24,16-11-9-8-10-12-16)22-14-13-15(2)18(3,4)19(22,5)6/h7-12,15,24H,1,13-14H2,2-6H3,(H,21,23). The van der Waals surface area contributed by atoms with E-state index < -0.39 is 11.8 Å². The summed E-state index contributed by atoms with van der Waals surface area (Å²) in [6.07, 6.45) is 2.15. The summed E-state index contributed by atoms with van der Waals surface area (Å²) in [5, 5.41) is 14.4. The molecule has 0 saturated carbocycles. The number of nitrogens with one attached hydrogen (secondary N) is 1. The molecular weight excluding hydrogens is 300 g/mol. The summed E-state index contributed by atoms with van der Waals surface area (Å²) >= 11 is 0. The Morgan fingerprint density at radius 2 is 1.92 bits per heavy atom. The lowest BCUT2D eigenvalue weighted by Crippen LogP contribution is -2.71. The van der Waals surface area contributed by atoms with E-state index in [1.165, 1.54) is 6.08 Å². The van der Waals surface area contributed by atoms with Crippen molar-refractivity contribution in [2.45, 2.75) is 52.4 Å². The minimum atomic E-state index is -1.58. The second-order valence-electron chi connectivity index (χ2n) is 7.85. The van der Waals surface area contributed by atoms with Crippen LogP contribution in [0.25, 0.3) is 0 Å². The zero-order valence-electron chi connectivity index (χ0n) is 15.5. The minimum absolute atomic E-state index is 0.0348. The molecule has 0 bridgehead atoms. The van der Waals surface area contributed by atoms with Gasteiger partial charge < -0.3 is 10.4 Å². The summed E-state index contributed by atoms with van der Waals surface area (Å²) in [6.45, 7) is 15.2. The van der Waals surface area contributed by atoms with Gasteiger partial charge in [-0.3, -0.25) is 4.79 Å². The van der Waals surface area contributed by atoms with Gasteiger partial charge in [0.05, 0.1) is 0 Å². The van der Waals surface area contributed by atoms with Crippen LogP contribution in [-0.2, 0) is 10.6 Å². The van der Waals surface area contributed by atoms with Crippen LogP contribution < -0.4 is 5.32 Å². The van der Waals surface area contributed by atoms with Crippen molar-refractivity contribution in [1.82, 2.24) is 10.2 Å². The third kappa shape index (κ3) is 2.89. The van der Waals surface area contributed by atoms with E-state index in [0.29, 0.717) is 18.0 Å². The van der Waals surface area contributed by atoms with E-state index in [0.717, 1.165) is 6.42 Å². The highest BCUT2D eigenvalue weighted by Crippen LogP contribution is 2.50. The first-order valence-corrected chi connectivity index (χ1v) is 8.57. The van der Waals surface area contributed by atoms with Gasteiger partial charge >= 0.3 is 0 Å². The Kier molecular flexibility index (Phi) is 4.93. The van der Waals surface area contributed by atoms with Crippen LogP contribution in [0.15, 0.2) is 43.0 Å². The topological polar surface area (TPSA) is 52.6 Å². The molecule has 132 valence electrons. The summed E-state index contributed by atoms with van der Waals surface area (Å²) in [4.78, 5) is 14.1. The lowest BCUT2D eigenvalue weighted by Gasteiger charge is -2.60. The molecule has 4 heteroatoms. The monoisotopic (exact) mass is 330 g/mol. The molecule has 0 spiro atoms. The van der Waals surface area contributed by atoms with Gasteiger partial charge in [-0.25, -0.2) is 4.90 Å². The third-order valence-electron chi connectivity index (χ3n) is 6.32. The predicted molar refractivity (Wildman–Crippen MR) is 97.0 cm³/mol. The highest BCUT2D eigenvalue weighted by molar-refractivity contribution is 5.87. The first-order chi connectivity index (χ1) is 11.1. The molecule has 0 aromatic heterocycles. The van der Waals surface area contributed by atoms with Gasteiger partial charge in [-0.2, -0.15) is 0 Å². The average Bonchev–Trinajstić information content (AvgIpc) is 2.53. The largest absolute Gasteiger partial charge is 0.355 e. The van der Waals surface area contributed by atoms with Gasteiger partial charge in [0, 0.05) is 17.6 Å². The van der Waals surface area contributed by atoms with E-state index in [9.17, 15) is 9.90 Å². The van der Waals surface area contributed by atoms with Crippen LogP contribution in [0.2, 0.25) is 0 Å². The van der Waals surface area contributed by atoms with Crippen molar-refractivity contribution in [1.29, 1.82) is 0 Å². The van der Waals surface area contributed by atoms with Gasteiger partial charge in [0.15, 0.2) is 0 Å². The Hall–Kier alpha value is -1.65. The molecule has 2 atom stereocenters. The maximum atomic E-state index is 12.1. The quantitative estimate of drug-likeness (QED) is 0.658. The molecule has 1 aromatic rings. The Labute approximate surface area is 145 Å². The molecule has 2 unspecified atom stereocenters. The number of carbonyl (C=O) groups excluding carboxylic acids is 1. The number of likely N-dealkylation sites (tertiary alicyclic amines) is 1. The van der Waals surface area contributed by atoms with Crippen LogP contribution in [0.4, 0.5) is 0 Å². The SMILES string of the molecule is C=CC(=O)NC(O)(c1ccccc1)N1CCC(C)C(C)(C)C1(C)C. The zero-order chi connectivity index (χ0) is 18.2. The molecule has 0 radical (unpaired) electrons. The van der Waals surface area contributed by atoms with E-state index in [1.54, 1.807) is 0 Å². The first-order valence-electron chi connectivity index (χ1n) is 8.57. The molecule has 2 N–H and O–H groups in total. The molecule has 1 fully saturated rings. The second-order valence-corrected chi connectivity index (χ2v) is 7.85. The first kappa shape index (κ1) is 18.7. The van der Waals surface area contributed by atoms with Crippen molar-refractivity contribution in [3.8, 4) is 0 Å². The van der Waals surface area contributed by atoms with Crippen molar-refractivity contribution >= 4 is 5.91 Å². The normalized spacial score (nSPS) is 25.5.